The molecule has 1 N–H and O–H groups in total. The molecular weight excluding hydrogens is 244 g/mol. The van der Waals surface area contributed by atoms with E-state index in [0.29, 0.717) is 10.6 Å². The highest BCUT2D eigenvalue weighted by molar-refractivity contribution is 6.30. The molecule has 4 heteroatoms. The lowest BCUT2D eigenvalue weighted by atomic mass is 10.2. The average molecular weight is 254 g/mol. The van der Waals surface area contributed by atoms with E-state index in [9.17, 15) is 8.78 Å². The summed E-state index contributed by atoms with van der Waals surface area (Å²) in [5.41, 5.74) is 1.10. The molecule has 2 rings (SSSR count). The minimum absolute atomic E-state index is 0.227. The van der Waals surface area contributed by atoms with Crippen LogP contribution in [-0.4, -0.2) is 0 Å². The fourth-order valence-electron chi connectivity index (χ4n) is 1.45. The van der Waals surface area contributed by atoms with Crippen molar-refractivity contribution in [1.29, 1.82) is 0 Å². The molecule has 0 bridgehead atoms. The molecule has 0 aliphatic heterocycles. The van der Waals surface area contributed by atoms with Gasteiger partial charge in [0.1, 0.15) is 0 Å². The standard InChI is InChI=1S/C13H10ClF2N/c14-10-4-6-11(7-5-10)17-8-9-2-1-3-12(15)13(9)16/h1-7,17H,8H2. The first kappa shape index (κ1) is 11.9. The number of benzene rings is 2. The van der Waals surface area contributed by atoms with E-state index in [4.69, 9.17) is 11.6 Å². The van der Waals surface area contributed by atoms with Gasteiger partial charge in [-0.05, 0) is 30.3 Å². The summed E-state index contributed by atoms with van der Waals surface area (Å²) in [5, 5.41) is 3.62. The largest absolute Gasteiger partial charge is 0.381 e. The number of rotatable bonds is 3. The van der Waals surface area contributed by atoms with Gasteiger partial charge < -0.3 is 5.32 Å². The highest BCUT2D eigenvalue weighted by Gasteiger charge is 2.06. The van der Waals surface area contributed by atoms with Crippen molar-refractivity contribution >= 4 is 17.3 Å². The molecule has 0 aliphatic rings. The van der Waals surface area contributed by atoms with Crippen molar-refractivity contribution in [3.05, 3.63) is 64.7 Å². The molecule has 0 radical (unpaired) electrons. The molecule has 0 aromatic heterocycles. The van der Waals surface area contributed by atoms with Crippen molar-refractivity contribution in [2.45, 2.75) is 6.54 Å². The fraction of sp³-hybridized carbons (Fsp3) is 0.0769. The maximum absolute atomic E-state index is 13.3. The molecule has 88 valence electrons. The number of anilines is 1. The normalized spacial score (nSPS) is 10.3. The molecule has 0 atom stereocenters. The Balaban J connectivity index is 2.07. The SMILES string of the molecule is Fc1cccc(CNc2ccc(Cl)cc2)c1F. The van der Waals surface area contributed by atoms with E-state index < -0.39 is 11.6 Å². The van der Waals surface area contributed by atoms with Crippen LogP contribution in [0.25, 0.3) is 0 Å². The molecule has 0 spiro atoms. The van der Waals surface area contributed by atoms with Gasteiger partial charge in [-0.3, -0.25) is 0 Å². The highest BCUT2D eigenvalue weighted by Crippen LogP contribution is 2.16. The summed E-state index contributed by atoms with van der Waals surface area (Å²) >= 11 is 5.74. The summed E-state index contributed by atoms with van der Waals surface area (Å²) in [5.74, 6) is -1.64. The quantitative estimate of drug-likeness (QED) is 0.863. The van der Waals surface area contributed by atoms with Gasteiger partial charge in [0.2, 0.25) is 0 Å². The summed E-state index contributed by atoms with van der Waals surface area (Å²) in [4.78, 5) is 0. The lowest BCUT2D eigenvalue weighted by molar-refractivity contribution is 0.500. The molecule has 0 heterocycles. The molecule has 2 aromatic carbocycles. The highest BCUT2D eigenvalue weighted by atomic mass is 35.5. The van der Waals surface area contributed by atoms with Crippen molar-refractivity contribution in [3.8, 4) is 0 Å². The topological polar surface area (TPSA) is 12.0 Å². The van der Waals surface area contributed by atoms with Crippen LogP contribution in [0.4, 0.5) is 14.5 Å². The summed E-state index contributed by atoms with van der Waals surface area (Å²) in [6, 6.07) is 11.1. The molecule has 0 amide bonds. The predicted octanol–water partition coefficient (Wildman–Crippen LogP) is 4.23. The molecule has 0 saturated heterocycles. The van der Waals surface area contributed by atoms with Gasteiger partial charge in [0.25, 0.3) is 0 Å². The second-order valence-electron chi connectivity index (χ2n) is 3.57. The average Bonchev–Trinajstić information content (AvgIpc) is 2.33. The Hall–Kier alpha value is -1.61. The third-order valence-corrected chi connectivity index (χ3v) is 2.61. The molecule has 0 unspecified atom stereocenters. The van der Waals surface area contributed by atoms with E-state index in [1.54, 1.807) is 30.3 Å². The third-order valence-electron chi connectivity index (χ3n) is 2.36. The van der Waals surface area contributed by atoms with Crippen LogP contribution in [0, 0.1) is 11.6 Å². The maximum Gasteiger partial charge on any atom is 0.163 e. The number of nitrogens with one attached hydrogen (secondary N) is 1. The Morgan fingerprint density at radius 2 is 1.71 bits per heavy atom. The molecular formula is C13H10ClF2N. The lowest BCUT2D eigenvalue weighted by Crippen LogP contribution is -2.02. The van der Waals surface area contributed by atoms with E-state index in [-0.39, 0.29) is 6.54 Å². The summed E-state index contributed by atoms with van der Waals surface area (Å²) in [6.45, 7) is 0.227. The number of halogens is 3. The molecule has 0 saturated carbocycles. The summed E-state index contributed by atoms with van der Waals surface area (Å²) in [7, 11) is 0. The third kappa shape index (κ3) is 2.94. The zero-order valence-electron chi connectivity index (χ0n) is 8.88. The first-order chi connectivity index (χ1) is 8.16. The van der Waals surface area contributed by atoms with Gasteiger partial charge in [-0.25, -0.2) is 8.78 Å². The van der Waals surface area contributed by atoms with E-state index in [0.717, 1.165) is 11.8 Å². The Bertz CT molecular complexity index is 511. The van der Waals surface area contributed by atoms with Crippen molar-refractivity contribution in [2.24, 2.45) is 0 Å². The van der Waals surface area contributed by atoms with Crippen LogP contribution in [0.15, 0.2) is 42.5 Å². The van der Waals surface area contributed by atoms with Crippen molar-refractivity contribution in [3.63, 3.8) is 0 Å². The molecule has 0 fully saturated rings. The van der Waals surface area contributed by atoms with Crippen LogP contribution < -0.4 is 5.32 Å². The van der Waals surface area contributed by atoms with Crippen LogP contribution in [-0.2, 0) is 6.54 Å². The predicted molar refractivity (Wildman–Crippen MR) is 65.1 cm³/mol. The minimum Gasteiger partial charge on any atom is -0.381 e. The summed E-state index contributed by atoms with van der Waals surface area (Å²) in [6.07, 6.45) is 0. The Morgan fingerprint density at radius 1 is 1.00 bits per heavy atom. The van der Waals surface area contributed by atoms with E-state index in [1.165, 1.54) is 6.07 Å². The molecule has 17 heavy (non-hydrogen) atoms. The van der Waals surface area contributed by atoms with Crippen molar-refractivity contribution in [2.75, 3.05) is 5.32 Å². The zero-order valence-corrected chi connectivity index (χ0v) is 9.64. The van der Waals surface area contributed by atoms with E-state index in [1.807, 2.05) is 0 Å². The van der Waals surface area contributed by atoms with Gasteiger partial charge in [0.15, 0.2) is 11.6 Å². The number of hydrogen-bond donors (Lipinski definition) is 1. The van der Waals surface area contributed by atoms with Crippen LogP contribution in [0.3, 0.4) is 0 Å². The van der Waals surface area contributed by atoms with Crippen LogP contribution in [0.2, 0.25) is 5.02 Å². The Labute approximate surface area is 103 Å². The second-order valence-corrected chi connectivity index (χ2v) is 4.01. The monoisotopic (exact) mass is 253 g/mol. The lowest BCUT2D eigenvalue weighted by Gasteiger charge is -2.07. The van der Waals surface area contributed by atoms with E-state index in [2.05, 4.69) is 5.32 Å². The Morgan fingerprint density at radius 3 is 2.41 bits per heavy atom. The Kier molecular flexibility index (Phi) is 3.59. The summed E-state index contributed by atoms with van der Waals surface area (Å²) < 4.78 is 26.3. The maximum atomic E-state index is 13.3. The van der Waals surface area contributed by atoms with Gasteiger partial charge >= 0.3 is 0 Å². The van der Waals surface area contributed by atoms with Gasteiger partial charge in [-0.1, -0.05) is 23.7 Å². The van der Waals surface area contributed by atoms with E-state index >= 15 is 0 Å². The van der Waals surface area contributed by atoms with Crippen molar-refractivity contribution in [1.82, 2.24) is 0 Å². The van der Waals surface area contributed by atoms with Crippen LogP contribution in [0.5, 0.6) is 0 Å². The van der Waals surface area contributed by atoms with Gasteiger partial charge in [0, 0.05) is 22.8 Å². The fourth-order valence-corrected chi connectivity index (χ4v) is 1.58. The van der Waals surface area contributed by atoms with Gasteiger partial charge in [-0.2, -0.15) is 0 Å². The van der Waals surface area contributed by atoms with Gasteiger partial charge in [-0.15, -0.1) is 0 Å². The smallest absolute Gasteiger partial charge is 0.163 e. The number of hydrogen-bond acceptors (Lipinski definition) is 1. The molecule has 1 nitrogen and oxygen atoms in total. The zero-order chi connectivity index (χ0) is 12.3. The van der Waals surface area contributed by atoms with Crippen LogP contribution in [0.1, 0.15) is 5.56 Å². The minimum atomic E-state index is -0.833. The van der Waals surface area contributed by atoms with Gasteiger partial charge in [0.05, 0.1) is 0 Å². The second kappa shape index (κ2) is 5.15. The first-order valence-electron chi connectivity index (χ1n) is 5.09. The van der Waals surface area contributed by atoms with Crippen molar-refractivity contribution < 1.29 is 8.78 Å². The first-order valence-corrected chi connectivity index (χ1v) is 5.47. The molecule has 2 aromatic rings. The molecule has 0 aliphatic carbocycles. The van der Waals surface area contributed by atoms with Crippen LogP contribution >= 0.6 is 11.6 Å².